The van der Waals surface area contributed by atoms with E-state index in [1.54, 1.807) is 0 Å². The van der Waals surface area contributed by atoms with Crippen LogP contribution in [0, 0.1) is 0 Å². The minimum atomic E-state index is -4.27. The van der Waals surface area contributed by atoms with Gasteiger partial charge in [0.15, 0.2) is 0 Å². The molecule has 0 spiro atoms. The van der Waals surface area contributed by atoms with Gasteiger partial charge >= 0.3 is 6.18 Å². The number of amides is 1. The molecule has 1 aliphatic rings. The van der Waals surface area contributed by atoms with Gasteiger partial charge in [-0.15, -0.1) is 0 Å². The van der Waals surface area contributed by atoms with Crippen LogP contribution < -0.4 is 10.6 Å². The van der Waals surface area contributed by atoms with Gasteiger partial charge in [-0.25, -0.2) is 0 Å². The fourth-order valence-electron chi connectivity index (χ4n) is 2.35. The molecule has 1 unspecified atom stereocenters. The number of rotatable bonds is 3. The Kier molecular flexibility index (Phi) is 4.88. The van der Waals surface area contributed by atoms with E-state index >= 15 is 0 Å². The number of benzene rings is 1. The molecule has 1 aliphatic heterocycles. The Morgan fingerprint density at radius 2 is 1.81 bits per heavy atom. The Morgan fingerprint density at radius 1 is 1.24 bits per heavy atom. The molecule has 1 fully saturated rings. The number of carbonyl (C=O) groups is 1. The van der Waals surface area contributed by atoms with Gasteiger partial charge in [-0.3, -0.25) is 4.79 Å². The lowest BCUT2D eigenvalue weighted by Crippen LogP contribution is -2.42. The second kappa shape index (κ2) is 6.47. The van der Waals surface area contributed by atoms with Crippen LogP contribution in [0.1, 0.15) is 41.6 Å². The van der Waals surface area contributed by atoms with E-state index in [9.17, 15) is 18.0 Å². The van der Waals surface area contributed by atoms with E-state index < -0.39 is 12.1 Å². The number of carbonyl (C=O) groups excluding carboxylic acids is 1. The summed E-state index contributed by atoms with van der Waals surface area (Å²) in [7, 11) is 0. The van der Waals surface area contributed by atoms with Gasteiger partial charge in [-0.1, -0.05) is 12.1 Å². The summed E-state index contributed by atoms with van der Waals surface area (Å²) < 4.78 is 37.9. The van der Waals surface area contributed by atoms with E-state index in [-0.39, 0.29) is 17.5 Å². The fraction of sp³-hybridized carbons (Fsp3) is 0.533. The molecule has 0 radical (unpaired) electrons. The molecule has 2 rings (SSSR count). The summed E-state index contributed by atoms with van der Waals surface area (Å²) in [6.45, 7) is 2.85. The van der Waals surface area contributed by atoms with Crippen molar-refractivity contribution in [3.63, 3.8) is 0 Å². The van der Waals surface area contributed by atoms with Crippen LogP contribution in [-0.2, 0) is 0 Å². The minimum Gasteiger partial charge on any atom is -0.349 e. The first-order chi connectivity index (χ1) is 9.88. The van der Waals surface area contributed by atoms with E-state index in [2.05, 4.69) is 10.6 Å². The molecule has 1 amide bonds. The monoisotopic (exact) mass is 300 g/mol. The topological polar surface area (TPSA) is 41.1 Å². The quantitative estimate of drug-likeness (QED) is 0.901. The molecule has 1 atom stereocenters. The van der Waals surface area contributed by atoms with Gasteiger partial charge in [0.05, 0.1) is 5.92 Å². The number of halogens is 3. The van der Waals surface area contributed by atoms with Crippen molar-refractivity contribution in [3.05, 3.63) is 35.4 Å². The van der Waals surface area contributed by atoms with Crippen molar-refractivity contribution in [2.24, 2.45) is 0 Å². The first kappa shape index (κ1) is 15.8. The molecule has 0 aliphatic carbocycles. The number of alkyl halides is 3. The molecule has 116 valence electrons. The van der Waals surface area contributed by atoms with E-state index in [4.69, 9.17) is 0 Å². The van der Waals surface area contributed by atoms with E-state index in [0.717, 1.165) is 32.9 Å². The van der Waals surface area contributed by atoms with Gasteiger partial charge in [-0.05, 0) is 50.6 Å². The molecule has 1 aromatic carbocycles. The number of hydrogen-bond donors (Lipinski definition) is 2. The van der Waals surface area contributed by atoms with Crippen LogP contribution in [0.15, 0.2) is 24.3 Å². The summed E-state index contributed by atoms with van der Waals surface area (Å²) in [6, 6.07) is 5.78. The highest BCUT2D eigenvalue weighted by molar-refractivity contribution is 5.94. The third-order valence-electron chi connectivity index (χ3n) is 3.84. The van der Waals surface area contributed by atoms with Crippen LogP contribution in [0.4, 0.5) is 13.2 Å². The van der Waals surface area contributed by atoms with Crippen molar-refractivity contribution in [1.29, 1.82) is 0 Å². The largest absolute Gasteiger partial charge is 0.395 e. The van der Waals surface area contributed by atoms with Crippen LogP contribution in [0.2, 0.25) is 0 Å². The summed E-state index contributed by atoms with van der Waals surface area (Å²) in [5.41, 5.74) is 0.563. The smallest absolute Gasteiger partial charge is 0.349 e. The molecule has 1 saturated heterocycles. The lowest BCUT2D eigenvalue weighted by molar-refractivity contribution is -0.146. The normalized spacial score (nSPS) is 18.3. The van der Waals surface area contributed by atoms with Crippen LogP contribution >= 0.6 is 0 Å². The van der Waals surface area contributed by atoms with Crippen molar-refractivity contribution in [3.8, 4) is 0 Å². The highest BCUT2D eigenvalue weighted by Crippen LogP contribution is 2.34. The molecule has 0 bridgehead atoms. The number of hydrogen-bond acceptors (Lipinski definition) is 2. The average molecular weight is 300 g/mol. The Morgan fingerprint density at radius 3 is 2.33 bits per heavy atom. The first-order valence-electron chi connectivity index (χ1n) is 7.06. The maximum absolute atomic E-state index is 12.6. The van der Waals surface area contributed by atoms with Gasteiger partial charge in [0.25, 0.3) is 5.91 Å². The lowest BCUT2D eigenvalue weighted by atomic mass is 9.99. The molecular weight excluding hydrogens is 281 g/mol. The molecule has 0 saturated carbocycles. The summed E-state index contributed by atoms with van der Waals surface area (Å²) in [6.07, 6.45) is -2.53. The zero-order valence-electron chi connectivity index (χ0n) is 11.8. The molecule has 3 nitrogen and oxygen atoms in total. The zero-order chi connectivity index (χ0) is 15.5. The molecule has 2 N–H and O–H groups in total. The predicted molar refractivity (Wildman–Crippen MR) is 74.3 cm³/mol. The number of nitrogens with one attached hydrogen (secondary N) is 2. The third-order valence-corrected chi connectivity index (χ3v) is 3.84. The van der Waals surface area contributed by atoms with Crippen molar-refractivity contribution < 1.29 is 18.0 Å². The summed E-state index contributed by atoms with van der Waals surface area (Å²) in [4.78, 5) is 12.0. The standard InChI is InChI=1S/C15H19F3N2O/c1-10(15(16,17)18)11-2-4-12(5-3-11)14(21)20-13-6-8-19-9-7-13/h2-5,10,13,19H,6-9H2,1H3,(H,20,21). The van der Waals surface area contributed by atoms with E-state index in [1.807, 2.05) is 0 Å². The molecule has 1 aromatic rings. The average Bonchev–Trinajstić information content (AvgIpc) is 2.46. The molecule has 21 heavy (non-hydrogen) atoms. The number of piperidine rings is 1. The van der Waals surface area contributed by atoms with E-state index in [1.165, 1.54) is 24.3 Å². The highest BCUT2D eigenvalue weighted by Gasteiger charge is 2.36. The van der Waals surface area contributed by atoms with Crippen LogP contribution in [0.25, 0.3) is 0 Å². The minimum absolute atomic E-state index is 0.132. The SMILES string of the molecule is CC(c1ccc(C(=O)NC2CCNCC2)cc1)C(F)(F)F. The fourth-order valence-corrected chi connectivity index (χ4v) is 2.35. The maximum atomic E-state index is 12.6. The summed E-state index contributed by atoms with van der Waals surface area (Å²) in [5.74, 6) is -1.76. The predicted octanol–water partition coefficient (Wildman–Crippen LogP) is 2.83. The van der Waals surface area contributed by atoms with Gasteiger partial charge in [0.2, 0.25) is 0 Å². The Labute approximate surface area is 121 Å². The highest BCUT2D eigenvalue weighted by atomic mass is 19.4. The first-order valence-corrected chi connectivity index (χ1v) is 7.06. The van der Waals surface area contributed by atoms with Crippen LogP contribution in [0.5, 0.6) is 0 Å². The summed E-state index contributed by atoms with van der Waals surface area (Å²) >= 11 is 0. The third kappa shape index (κ3) is 4.20. The second-order valence-corrected chi connectivity index (χ2v) is 5.38. The Bertz CT molecular complexity index is 479. The molecule has 1 heterocycles. The van der Waals surface area contributed by atoms with E-state index in [0.29, 0.717) is 5.56 Å². The zero-order valence-corrected chi connectivity index (χ0v) is 11.8. The van der Waals surface area contributed by atoms with Crippen molar-refractivity contribution in [1.82, 2.24) is 10.6 Å². The second-order valence-electron chi connectivity index (χ2n) is 5.38. The Balaban J connectivity index is 1.99. The lowest BCUT2D eigenvalue weighted by Gasteiger charge is -2.23. The van der Waals surface area contributed by atoms with Gasteiger partial charge < -0.3 is 10.6 Å². The maximum Gasteiger partial charge on any atom is 0.395 e. The molecule has 6 heteroatoms. The van der Waals surface area contributed by atoms with Crippen molar-refractivity contribution in [2.45, 2.75) is 37.9 Å². The molecule has 0 aromatic heterocycles. The Hall–Kier alpha value is -1.56. The summed E-state index contributed by atoms with van der Waals surface area (Å²) in [5, 5.41) is 6.12. The van der Waals surface area contributed by atoms with Crippen molar-refractivity contribution in [2.75, 3.05) is 13.1 Å². The van der Waals surface area contributed by atoms with Crippen molar-refractivity contribution >= 4 is 5.91 Å². The van der Waals surface area contributed by atoms with Gasteiger partial charge in [0, 0.05) is 11.6 Å². The van der Waals surface area contributed by atoms with Crippen LogP contribution in [-0.4, -0.2) is 31.2 Å². The van der Waals surface area contributed by atoms with Gasteiger partial charge in [-0.2, -0.15) is 13.2 Å². The molecular formula is C15H19F3N2O. The van der Waals surface area contributed by atoms with Crippen LogP contribution in [0.3, 0.4) is 0 Å². The van der Waals surface area contributed by atoms with Gasteiger partial charge in [0.1, 0.15) is 0 Å².